The highest BCUT2D eigenvalue weighted by Gasteiger charge is 2.27. The van der Waals surface area contributed by atoms with Crippen molar-refractivity contribution in [1.82, 2.24) is 5.32 Å². The quantitative estimate of drug-likeness (QED) is 0.558. The molecule has 12 heavy (non-hydrogen) atoms. The molecular formula is C8H13Cl2NO. The minimum absolute atomic E-state index is 0. The molecule has 0 fully saturated rings. The summed E-state index contributed by atoms with van der Waals surface area (Å²) in [5.74, 6) is 0.768. The molecule has 1 N–H and O–H groups in total. The SMILES string of the molecule is CCOC1=CC=CNC1(C)Cl.Cl. The molecule has 1 atom stereocenters. The highest BCUT2D eigenvalue weighted by Crippen LogP contribution is 2.24. The lowest BCUT2D eigenvalue weighted by Gasteiger charge is -2.27. The van der Waals surface area contributed by atoms with Gasteiger partial charge in [-0.25, -0.2) is 0 Å². The van der Waals surface area contributed by atoms with E-state index in [1.165, 1.54) is 0 Å². The minimum atomic E-state index is -0.579. The molecule has 1 rings (SSSR count). The lowest BCUT2D eigenvalue weighted by Crippen LogP contribution is -2.37. The number of allylic oxidation sites excluding steroid dienone is 2. The van der Waals surface area contributed by atoms with Gasteiger partial charge >= 0.3 is 0 Å². The number of ether oxygens (including phenoxy) is 1. The molecule has 0 radical (unpaired) electrons. The van der Waals surface area contributed by atoms with Crippen LogP contribution in [-0.2, 0) is 4.74 Å². The summed E-state index contributed by atoms with van der Waals surface area (Å²) in [5, 5.41) is 2.98. The van der Waals surface area contributed by atoms with E-state index in [1.807, 2.05) is 26.0 Å². The van der Waals surface area contributed by atoms with Crippen LogP contribution in [-0.4, -0.2) is 11.6 Å². The zero-order valence-corrected chi connectivity index (χ0v) is 8.71. The Labute approximate surface area is 84.0 Å². The number of rotatable bonds is 2. The lowest BCUT2D eigenvalue weighted by atomic mass is 10.2. The monoisotopic (exact) mass is 209 g/mol. The Hall–Kier alpha value is -0.340. The van der Waals surface area contributed by atoms with Gasteiger partial charge in [-0.15, -0.1) is 12.4 Å². The molecule has 2 nitrogen and oxygen atoms in total. The third-order valence-electron chi connectivity index (χ3n) is 1.46. The molecule has 0 aliphatic carbocycles. The van der Waals surface area contributed by atoms with E-state index >= 15 is 0 Å². The Kier molecular flexibility index (Phi) is 4.50. The number of halogens is 2. The first-order valence-corrected chi connectivity index (χ1v) is 4.01. The van der Waals surface area contributed by atoms with E-state index in [0.29, 0.717) is 6.61 Å². The zero-order chi connectivity index (χ0) is 8.32. The fourth-order valence-electron chi connectivity index (χ4n) is 0.907. The Balaban J connectivity index is 0.00000121. The van der Waals surface area contributed by atoms with Gasteiger partial charge in [-0.1, -0.05) is 11.6 Å². The molecule has 0 aromatic heterocycles. The van der Waals surface area contributed by atoms with Crippen LogP contribution in [0.4, 0.5) is 0 Å². The van der Waals surface area contributed by atoms with E-state index in [4.69, 9.17) is 16.3 Å². The van der Waals surface area contributed by atoms with Crippen molar-refractivity contribution in [3.8, 4) is 0 Å². The van der Waals surface area contributed by atoms with E-state index in [0.717, 1.165) is 5.76 Å². The lowest BCUT2D eigenvalue weighted by molar-refractivity contribution is 0.195. The second-order valence-electron chi connectivity index (χ2n) is 2.47. The van der Waals surface area contributed by atoms with Crippen LogP contribution in [0.3, 0.4) is 0 Å². The van der Waals surface area contributed by atoms with E-state index in [-0.39, 0.29) is 12.4 Å². The maximum atomic E-state index is 6.06. The molecule has 4 heteroatoms. The number of nitrogens with one attached hydrogen (secondary N) is 1. The molecule has 0 aromatic carbocycles. The fraction of sp³-hybridized carbons (Fsp3) is 0.500. The van der Waals surface area contributed by atoms with Crippen molar-refractivity contribution < 1.29 is 4.74 Å². The van der Waals surface area contributed by atoms with Crippen LogP contribution in [0.25, 0.3) is 0 Å². The van der Waals surface area contributed by atoms with Crippen LogP contribution < -0.4 is 5.32 Å². The van der Waals surface area contributed by atoms with Gasteiger partial charge in [0.05, 0.1) is 6.61 Å². The standard InChI is InChI=1S/C8H12ClNO.ClH/c1-3-11-7-5-4-6-10-8(7,2)9;/h4-6,10H,3H2,1-2H3;1H. The highest BCUT2D eigenvalue weighted by molar-refractivity contribution is 6.25. The summed E-state index contributed by atoms with van der Waals surface area (Å²) < 4.78 is 5.31. The molecular weight excluding hydrogens is 197 g/mol. The van der Waals surface area contributed by atoms with Crippen molar-refractivity contribution in [2.75, 3.05) is 6.61 Å². The van der Waals surface area contributed by atoms with E-state index in [9.17, 15) is 0 Å². The molecule has 0 spiro atoms. The summed E-state index contributed by atoms with van der Waals surface area (Å²) in [6, 6.07) is 0. The molecule has 0 saturated carbocycles. The molecule has 0 amide bonds. The van der Waals surface area contributed by atoms with Gasteiger partial charge in [-0.05, 0) is 32.2 Å². The molecule has 1 heterocycles. The van der Waals surface area contributed by atoms with E-state index in [2.05, 4.69) is 5.32 Å². The number of dihydropyridines is 1. The van der Waals surface area contributed by atoms with Crippen LogP contribution in [0.15, 0.2) is 24.1 Å². The summed E-state index contributed by atoms with van der Waals surface area (Å²) in [5.41, 5.74) is 0. The summed E-state index contributed by atoms with van der Waals surface area (Å²) >= 11 is 6.06. The van der Waals surface area contributed by atoms with Crippen LogP contribution in [0.2, 0.25) is 0 Å². The average molecular weight is 210 g/mol. The van der Waals surface area contributed by atoms with Crippen molar-refractivity contribution in [1.29, 1.82) is 0 Å². The summed E-state index contributed by atoms with van der Waals surface area (Å²) in [4.78, 5) is -0.579. The van der Waals surface area contributed by atoms with E-state index < -0.39 is 5.00 Å². The van der Waals surface area contributed by atoms with Crippen molar-refractivity contribution in [3.05, 3.63) is 24.1 Å². The smallest absolute Gasteiger partial charge is 0.167 e. The van der Waals surface area contributed by atoms with E-state index in [1.54, 1.807) is 6.20 Å². The molecule has 1 unspecified atom stereocenters. The first-order chi connectivity index (χ1) is 5.17. The molecule has 1 aliphatic heterocycles. The summed E-state index contributed by atoms with van der Waals surface area (Å²) in [6.07, 6.45) is 5.54. The Bertz CT molecular complexity index is 199. The van der Waals surface area contributed by atoms with Crippen molar-refractivity contribution in [2.24, 2.45) is 0 Å². The summed E-state index contributed by atoms with van der Waals surface area (Å²) in [7, 11) is 0. The predicted molar refractivity (Wildman–Crippen MR) is 53.5 cm³/mol. The van der Waals surface area contributed by atoms with Gasteiger partial charge in [0.15, 0.2) is 5.00 Å². The van der Waals surface area contributed by atoms with Gasteiger partial charge in [-0.3, -0.25) is 0 Å². The van der Waals surface area contributed by atoms with Crippen molar-refractivity contribution in [3.63, 3.8) is 0 Å². The second-order valence-corrected chi connectivity index (χ2v) is 3.23. The first kappa shape index (κ1) is 11.7. The number of alkyl halides is 1. The average Bonchev–Trinajstić information content (AvgIpc) is 1.94. The van der Waals surface area contributed by atoms with Crippen molar-refractivity contribution >= 4 is 24.0 Å². The molecule has 0 bridgehead atoms. The highest BCUT2D eigenvalue weighted by atomic mass is 35.5. The van der Waals surface area contributed by atoms with Crippen LogP contribution >= 0.6 is 24.0 Å². The largest absolute Gasteiger partial charge is 0.494 e. The Morgan fingerprint density at radius 2 is 2.33 bits per heavy atom. The maximum absolute atomic E-state index is 6.06. The van der Waals surface area contributed by atoms with Crippen LogP contribution in [0, 0.1) is 0 Å². The van der Waals surface area contributed by atoms with Gasteiger partial charge < -0.3 is 10.1 Å². The second kappa shape index (κ2) is 4.63. The molecule has 70 valence electrons. The Morgan fingerprint density at radius 1 is 1.67 bits per heavy atom. The van der Waals surface area contributed by atoms with Gasteiger partial charge in [0, 0.05) is 0 Å². The van der Waals surface area contributed by atoms with Crippen molar-refractivity contribution in [2.45, 2.75) is 18.8 Å². The number of hydrogen-bond donors (Lipinski definition) is 1. The fourth-order valence-corrected chi connectivity index (χ4v) is 1.09. The first-order valence-electron chi connectivity index (χ1n) is 3.63. The van der Waals surface area contributed by atoms with Gasteiger partial charge in [0.2, 0.25) is 0 Å². The summed E-state index contributed by atoms with van der Waals surface area (Å²) in [6.45, 7) is 4.44. The third-order valence-corrected chi connectivity index (χ3v) is 1.76. The minimum Gasteiger partial charge on any atom is -0.494 e. The maximum Gasteiger partial charge on any atom is 0.167 e. The molecule has 1 aliphatic rings. The predicted octanol–water partition coefficient (Wildman–Crippen LogP) is 2.40. The molecule has 0 saturated heterocycles. The van der Waals surface area contributed by atoms with Gasteiger partial charge in [0.1, 0.15) is 5.76 Å². The van der Waals surface area contributed by atoms with Gasteiger partial charge in [0.25, 0.3) is 0 Å². The zero-order valence-electron chi connectivity index (χ0n) is 7.13. The van der Waals surface area contributed by atoms with Crippen LogP contribution in [0.1, 0.15) is 13.8 Å². The number of hydrogen-bond acceptors (Lipinski definition) is 2. The third kappa shape index (κ3) is 2.61. The van der Waals surface area contributed by atoms with Gasteiger partial charge in [-0.2, -0.15) is 0 Å². The normalized spacial score (nSPS) is 26.8. The topological polar surface area (TPSA) is 21.3 Å². The molecule has 0 aromatic rings. The van der Waals surface area contributed by atoms with Crippen LogP contribution in [0.5, 0.6) is 0 Å². The Morgan fingerprint density at radius 3 is 2.83 bits per heavy atom.